The summed E-state index contributed by atoms with van der Waals surface area (Å²) in [6.07, 6.45) is -0.736. The Balaban J connectivity index is 1.23. The van der Waals surface area contributed by atoms with Crippen LogP contribution < -0.4 is 10.6 Å². The van der Waals surface area contributed by atoms with Crippen LogP contribution in [0.3, 0.4) is 0 Å². The van der Waals surface area contributed by atoms with Gasteiger partial charge in [-0.2, -0.15) is 0 Å². The van der Waals surface area contributed by atoms with Crippen molar-refractivity contribution in [2.75, 3.05) is 31.3 Å². The Kier molecular flexibility index (Phi) is 6.83. The summed E-state index contributed by atoms with van der Waals surface area (Å²) in [5, 5.41) is 13.9. The smallest absolute Gasteiger partial charge is 0.407 e. The summed E-state index contributed by atoms with van der Waals surface area (Å²) < 4.78 is 5.36. The number of amides is 3. The van der Waals surface area contributed by atoms with E-state index in [1.54, 1.807) is 0 Å². The number of carboxylic acid groups (broad SMARTS) is 1. The van der Waals surface area contributed by atoms with Gasteiger partial charge in [0, 0.05) is 11.7 Å². The van der Waals surface area contributed by atoms with Crippen molar-refractivity contribution in [3.8, 4) is 11.1 Å². The Hall–Kier alpha value is -3.53. The molecule has 4 rings (SSSR count). The molecular weight excluding hydrogens is 446 g/mol. The minimum atomic E-state index is -1.07. The molecule has 0 saturated carbocycles. The number of nitrogens with zero attached hydrogens (tertiary/aromatic N) is 1. The van der Waals surface area contributed by atoms with Crippen molar-refractivity contribution in [2.45, 2.75) is 12.0 Å². The zero-order chi connectivity index (χ0) is 23.4. The van der Waals surface area contributed by atoms with Gasteiger partial charge in [-0.15, -0.1) is 11.8 Å². The molecule has 0 bridgehead atoms. The lowest BCUT2D eigenvalue weighted by molar-refractivity contribution is -0.147. The number of fused-ring (bicyclic) bond motifs is 3. The van der Waals surface area contributed by atoms with Gasteiger partial charge < -0.3 is 25.4 Å². The number of rotatable bonds is 7. The van der Waals surface area contributed by atoms with E-state index in [1.165, 1.54) is 16.7 Å². The molecule has 0 radical (unpaired) electrons. The highest BCUT2D eigenvalue weighted by molar-refractivity contribution is 7.99. The number of carbonyl (C=O) groups is 4. The lowest BCUT2D eigenvalue weighted by Gasteiger charge is -2.20. The van der Waals surface area contributed by atoms with Crippen molar-refractivity contribution in [2.24, 2.45) is 0 Å². The standard InChI is InChI=1S/C23H23N3O6S/c27-20(24-10-21(28)26-13-33-12-19(26)22(29)30)9-25-23(31)32-11-18-16-7-3-1-5-14(16)15-6-2-4-8-17(15)18/h1-8,18-19H,9-13H2,(H,24,27)(H,25,31)(H,29,30). The first-order chi connectivity index (χ1) is 16.0. The van der Waals surface area contributed by atoms with Crippen LogP contribution in [0.15, 0.2) is 48.5 Å². The molecule has 1 atom stereocenters. The molecular formula is C23H23N3O6S. The fraction of sp³-hybridized carbons (Fsp3) is 0.304. The first-order valence-electron chi connectivity index (χ1n) is 10.4. The van der Waals surface area contributed by atoms with Crippen LogP contribution in [0.5, 0.6) is 0 Å². The summed E-state index contributed by atoms with van der Waals surface area (Å²) in [7, 11) is 0. The van der Waals surface area contributed by atoms with Gasteiger partial charge in [-0.1, -0.05) is 48.5 Å². The van der Waals surface area contributed by atoms with Crippen molar-refractivity contribution in [3.05, 3.63) is 59.7 Å². The molecule has 9 nitrogen and oxygen atoms in total. The summed E-state index contributed by atoms with van der Waals surface area (Å²) in [6, 6.07) is 15.1. The number of carbonyl (C=O) groups excluding carboxylic acids is 3. The van der Waals surface area contributed by atoms with Crippen LogP contribution >= 0.6 is 11.8 Å². The minimum absolute atomic E-state index is 0.0879. The lowest BCUT2D eigenvalue weighted by Crippen LogP contribution is -2.47. The molecule has 3 amide bonds. The zero-order valence-corrected chi connectivity index (χ0v) is 18.5. The van der Waals surface area contributed by atoms with Crippen molar-refractivity contribution in [1.29, 1.82) is 0 Å². The molecule has 1 aliphatic carbocycles. The molecule has 1 aliphatic heterocycles. The minimum Gasteiger partial charge on any atom is -0.480 e. The maximum absolute atomic E-state index is 12.2. The average Bonchev–Trinajstić information content (AvgIpc) is 3.43. The third kappa shape index (κ3) is 4.95. The van der Waals surface area contributed by atoms with Gasteiger partial charge in [0.2, 0.25) is 11.8 Å². The van der Waals surface area contributed by atoms with E-state index in [2.05, 4.69) is 10.6 Å². The van der Waals surface area contributed by atoms with Crippen molar-refractivity contribution in [1.82, 2.24) is 15.5 Å². The molecule has 1 saturated heterocycles. The Labute approximate surface area is 194 Å². The van der Waals surface area contributed by atoms with E-state index < -0.39 is 29.9 Å². The predicted octanol–water partition coefficient (Wildman–Crippen LogP) is 1.63. The molecule has 1 fully saturated rings. The first kappa shape index (κ1) is 22.7. The Morgan fingerprint density at radius 1 is 0.970 bits per heavy atom. The number of hydrogen-bond acceptors (Lipinski definition) is 6. The fourth-order valence-corrected chi connectivity index (χ4v) is 5.20. The number of alkyl carbamates (subject to hydrolysis) is 1. The highest BCUT2D eigenvalue weighted by Crippen LogP contribution is 2.44. The summed E-state index contributed by atoms with van der Waals surface area (Å²) in [4.78, 5) is 48.7. The van der Waals surface area contributed by atoms with Gasteiger partial charge in [0.1, 0.15) is 19.2 Å². The number of hydrogen-bond donors (Lipinski definition) is 3. The van der Waals surface area contributed by atoms with E-state index in [1.807, 2.05) is 48.5 Å². The largest absolute Gasteiger partial charge is 0.480 e. The van der Waals surface area contributed by atoms with Gasteiger partial charge in [-0.25, -0.2) is 9.59 Å². The molecule has 3 N–H and O–H groups in total. The Morgan fingerprint density at radius 2 is 1.61 bits per heavy atom. The van der Waals surface area contributed by atoms with Crippen molar-refractivity contribution in [3.63, 3.8) is 0 Å². The van der Waals surface area contributed by atoms with Gasteiger partial charge in [0.15, 0.2) is 0 Å². The molecule has 172 valence electrons. The third-order valence-electron chi connectivity index (χ3n) is 5.66. The number of nitrogens with one attached hydrogen (secondary N) is 2. The molecule has 10 heteroatoms. The third-order valence-corrected chi connectivity index (χ3v) is 6.67. The quantitative estimate of drug-likeness (QED) is 0.563. The number of carboxylic acids is 1. The van der Waals surface area contributed by atoms with Crippen LogP contribution in [0, 0.1) is 0 Å². The zero-order valence-electron chi connectivity index (χ0n) is 17.7. The van der Waals surface area contributed by atoms with Gasteiger partial charge in [0.05, 0.1) is 12.4 Å². The number of ether oxygens (including phenoxy) is 1. The summed E-state index contributed by atoms with van der Waals surface area (Å²) in [6.45, 7) is -0.570. The summed E-state index contributed by atoms with van der Waals surface area (Å²) in [5.41, 5.74) is 4.41. The normalized spacial score (nSPS) is 16.6. The molecule has 1 unspecified atom stereocenters. The molecule has 0 aromatic heterocycles. The molecule has 2 aliphatic rings. The van der Waals surface area contributed by atoms with Gasteiger partial charge in [-0.3, -0.25) is 9.59 Å². The number of thioether (sulfide) groups is 1. The van der Waals surface area contributed by atoms with E-state index in [9.17, 15) is 19.2 Å². The van der Waals surface area contributed by atoms with Crippen LogP contribution in [0.25, 0.3) is 11.1 Å². The number of benzene rings is 2. The fourth-order valence-electron chi connectivity index (χ4n) is 4.03. The van der Waals surface area contributed by atoms with Crippen LogP contribution in [0.2, 0.25) is 0 Å². The van der Waals surface area contributed by atoms with Gasteiger partial charge in [0.25, 0.3) is 0 Å². The van der Waals surface area contributed by atoms with E-state index >= 15 is 0 Å². The number of aliphatic carboxylic acids is 1. The molecule has 33 heavy (non-hydrogen) atoms. The van der Waals surface area contributed by atoms with E-state index in [4.69, 9.17) is 9.84 Å². The second-order valence-electron chi connectivity index (χ2n) is 7.67. The predicted molar refractivity (Wildman–Crippen MR) is 122 cm³/mol. The summed E-state index contributed by atoms with van der Waals surface area (Å²) in [5.74, 6) is -1.63. The molecule has 1 heterocycles. The van der Waals surface area contributed by atoms with E-state index in [0.717, 1.165) is 22.3 Å². The SMILES string of the molecule is O=C(CNC(=O)OCC1c2ccccc2-c2ccccc21)NCC(=O)N1CSCC1C(=O)O. The van der Waals surface area contributed by atoms with Crippen molar-refractivity contribution < 1.29 is 29.0 Å². The van der Waals surface area contributed by atoms with Crippen LogP contribution in [0.4, 0.5) is 4.79 Å². The second-order valence-corrected chi connectivity index (χ2v) is 8.67. The molecule has 0 spiro atoms. The first-order valence-corrected chi connectivity index (χ1v) is 11.6. The lowest BCUT2D eigenvalue weighted by atomic mass is 9.98. The summed E-state index contributed by atoms with van der Waals surface area (Å²) >= 11 is 1.34. The van der Waals surface area contributed by atoms with Crippen LogP contribution in [-0.2, 0) is 19.1 Å². The average molecular weight is 470 g/mol. The highest BCUT2D eigenvalue weighted by atomic mass is 32.2. The molecule has 2 aromatic carbocycles. The second kappa shape index (κ2) is 9.95. The Morgan fingerprint density at radius 3 is 2.24 bits per heavy atom. The maximum atomic E-state index is 12.2. The van der Waals surface area contributed by atoms with E-state index in [-0.39, 0.29) is 31.5 Å². The highest BCUT2D eigenvalue weighted by Gasteiger charge is 2.34. The van der Waals surface area contributed by atoms with E-state index in [0.29, 0.717) is 5.75 Å². The maximum Gasteiger partial charge on any atom is 0.407 e. The van der Waals surface area contributed by atoms with Crippen LogP contribution in [0.1, 0.15) is 17.0 Å². The van der Waals surface area contributed by atoms with Crippen molar-refractivity contribution >= 4 is 35.6 Å². The van der Waals surface area contributed by atoms with Crippen LogP contribution in [-0.4, -0.2) is 71.3 Å². The topological polar surface area (TPSA) is 125 Å². The molecule has 2 aromatic rings. The Bertz CT molecular complexity index is 1050. The van der Waals surface area contributed by atoms with Gasteiger partial charge in [-0.05, 0) is 22.3 Å². The monoisotopic (exact) mass is 469 g/mol. The van der Waals surface area contributed by atoms with Gasteiger partial charge >= 0.3 is 12.1 Å².